The Bertz CT molecular complexity index is 560. The molecule has 1 aliphatic carbocycles. The number of hydrogen-bond donors (Lipinski definition) is 1. The average molecular weight is 285 g/mol. The summed E-state index contributed by atoms with van der Waals surface area (Å²) in [5.41, 5.74) is 6.49. The number of ether oxygens (including phenoxy) is 1. The van der Waals surface area contributed by atoms with E-state index in [1.807, 2.05) is 0 Å². The van der Waals surface area contributed by atoms with Crippen molar-refractivity contribution in [1.29, 1.82) is 0 Å². The maximum atomic E-state index is 6.20. The van der Waals surface area contributed by atoms with Gasteiger partial charge in [-0.25, -0.2) is 0 Å². The fraction of sp³-hybridized carbons (Fsp3) is 0.684. The summed E-state index contributed by atoms with van der Waals surface area (Å²) in [6.45, 7) is 8.96. The molecule has 0 bridgehead atoms. The van der Waals surface area contributed by atoms with Crippen molar-refractivity contribution in [2.75, 3.05) is 6.54 Å². The summed E-state index contributed by atoms with van der Waals surface area (Å²) in [6, 6.07) is 5.46. The molecule has 0 radical (unpaired) electrons. The Balaban J connectivity index is 1.80. The van der Waals surface area contributed by atoms with Crippen LogP contribution in [0.25, 0.3) is 0 Å². The minimum absolute atomic E-state index is 0.212. The number of benzene rings is 1. The predicted octanol–water partition coefficient (Wildman–Crippen LogP) is 4.01. The third-order valence-electron chi connectivity index (χ3n) is 5.52. The molecule has 1 spiro atoms. The largest absolute Gasteiger partial charge is 0.370 e. The predicted molar refractivity (Wildman–Crippen MR) is 85.6 cm³/mol. The van der Waals surface area contributed by atoms with Gasteiger partial charge in [0.1, 0.15) is 0 Å². The zero-order chi connectivity index (χ0) is 14.7. The fourth-order valence-corrected chi connectivity index (χ4v) is 3.87. The third kappa shape index (κ3) is 2.43. The standard InChI is InChI=1S/C19H27NO/c1-18(2,3)14-9-13-11-19(6-7-19)21-12-16(13)15(10-14)17-5-4-8-20-17/h9-10,17,20H,4-8,11-12H2,1-3H3. The zero-order valence-corrected chi connectivity index (χ0v) is 13.6. The van der Waals surface area contributed by atoms with Gasteiger partial charge in [0.05, 0.1) is 12.2 Å². The minimum atomic E-state index is 0.212. The topological polar surface area (TPSA) is 21.3 Å². The Morgan fingerprint density at radius 1 is 1.24 bits per heavy atom. The molecule has 1 saturated heterocycles. The van der Waals surface area contributed by atoms with Crippen LogP contribution in [0.2, 0.25) is 0 Å². The normalized spacial score (nSPS) is 26.9. The van der Waals surface area contributed by atoms with E-state index in [0.29, 0.717) is 6.04 Å². The minimum Gasteiger partial charge on any atom is -0.370 e. The second-order valence-corrected chi connectivity index (χ2v) is 8.25. The van der Waals surface area contributed by atoms with Crippen molar-refractivity contribution in [3.05, 3.63) is 34.4 Å². The molecule has 2 aliphatic heterocycles. The summed E-state index contributed by atoms with van der Waals surface area (Å²) in [4.78, 5) is 0. The number of nitrogens with one attached hydrogen (secondary N) is 1. The van der Waals surface area contributed by atoms with Crippen LogP contribution in [0.5, 0.6) is 0 Å². The van der Waals surface area contributed by atoms with Crippen molar-refractivity contribution in [3.8, 4) is 0 Å². The summed E-state index contributed by atoms with van der Waals surface area (Å²) >= 11 is 0. The van der Waals surface area contributed by atoms with Crippen LogP contribution < -0.4 is 5.32 Å². The molecule has 0 amide bonds. The van der Waals surface area contributed by atoms with Crippen molar-refractivity contribution < 1.29 is 4.74 Å². The first kappa shape index (κ1) is 13.8. The molecule has 1 saturated carbocycles. The van der Waals surface area contributed by atoms with E-state index in [4.69, 9.17) is 4.74 Å². The van der Waals surface area contributed by atoms with Gasteiger partial charge in [0.2, 0.25) is 0 Å². The summed E-state index contributed by atoms with van der Waals surface area (Å²) < 4.78 is 6.20. The maximum absolute atomic E-state index is 6.20. The van der Waals surface area contributed by atoms with Crippen LogP contribution in [0.15, 0.2) is 12.1 Å². The van der Waals surface area contributed by atoms with Gasteiger partial charge in [0.25, 0.3) is 0 Å². The van der Waals surface area contributed by atoms with Gasteiger partial charge < -0.3 is 10.1 Å². The van der Waals surface area contributed by atoms with E-state index < -0.39 is 0 Å². The highest BCUT2D eigenvalue weighted by Gasteiger charge is 2.47. The highest BCUT2D eigenvalue weighted by atomic mass is 16.5. The summed E-state index contributed by atoms with van der Waals surface area (Å²) in [5, 5.41) is 3.68. The van der Waals surface area contributed by atoms with Gasteiger partial charge in [0.15, 0.2) is 0 Å². The molecule has 1 atom stereocenters. The molecule has 1 aromatic rings. The monoisotopic (exact) mass is 285 g/mol. The molecule has 1 unspecified atom stereocenters. The SMILES string of the molecule is CC(C)(C)c1cc2c(c(C3CCCN3)c1)COC1(CC1)C2. The van der Waals surface area contributed by atoms with E-state index in [0.717, 1.165) is 19.6 Å². The molecule has 3 aliphatic rings. The van der Waals surface area contributed by atoms with Crippen LogP contribution in [0, 0.1) is 0 Å². The molecular formula is C19H27NO. The van der Waals surface area contributed by atoms with Crippen LogP contribution in [0.3, 0.4) is 0 Å². The molecule has 21 heavy (non-hydrogen) atoms. The molecule has 2 fully saturated rings. The van der Waals surface area contributed by atoms with Gasteiger partial charge in [0, 0.05) is 12.5 Å². The Kier molecular flexibility index (Phi) is 3.00. The average Bonchev–Trinajstić information content (AvgIpc) is 2.98. The van der Waals surface area contributed by atoms with E-state index in [1.165, 1.54) is 42.4 Å². The first-order valence-corrected chi connectivity index (χ1v) is 8.50. The number of rotatable bonds is 1. The second-order valence-electron chi connectivity index (χ2n) is 8.25. The quantitative estimate of drug-likeness (QED) is 0.841. The van der Waals surface area contributed by atoms with Gasteiger partial charge in [-0.3, -0.25) is 0 Å². The molecule has 114 valence electrons. The van der Waals surface area contributed by atoms with Crippen LogP contribution >= 0.6 is 0 Å². The zero-order valence-electron chi connectivity index (χ0n) is 13.6. The van der Waals surface area contributed by atoms with E-state index >= 15 is 0 Å². The molecule has 1 aromatic carbocycles. The van der Waals surface area contributed by atoms with Crippen LogP contribution in [-0.4, -0.2) is 12.1 Å². The molecule has 1 N–H and O–H groups in total. The van der Waals surface area contributed by atoms with Crippen molar-refractivity contribution in [2.45, 2.75) is 76.5 Å². The molecule has 2 heteroatoms. The van der Waals surface area contributed by atoms with Crippen molar-refractivity contribution in [1.82, 2.24) is 5.32 Å². The lowest BCUT2D eigenvalue weighted by Crippen LogP contribution is -2.28. The third-order valence-corrected chi connectivity index (χ3v) is 5.52. The van der Waals surface area contributed by atoms with Gasteiger partial charge in [-0.2, -0.15) is 0 Å². The van der Waals surface area contributed by atoms with E-state index in [2.05, 4.69) is 38.2 Å². The lowest BCUT2D eigenvalue weighted by atomic mass is 9.80. The van der Waals surface area contributed by atoms with Gasteiger partial charge in [-0.05, 0) is 59.9 Å². The van der Waals surface area contributed by atoms with Crippen LogP contribution in [0.4, 0.5) is 0 Å². The van der Waals surface area contributed by atoms with Crippen LogP contribution in [0.1, 0.15) is 74.8 Å². The highest BCUT2D eigenvalue weighted by Crippen LogP contribution is 2.48. The van der Waals surface area contributed by atoms with Gasteiger partial charge in [-0.15, -0.1) is 0 Å². The van der Waals surface area contributed by atoms with E-state index in [1.54, 1.807) is 5.56 Å². The van der Waals surface area contributed by atoms with Crippen LogP contribution in [-0.2, 0) is 23.2 Å². The molecule has 2 nitrogen and oxygen atoms in total. The summed E-state index contributed by atoms with van der Waals surface area (Å²) in [6.07, 6.45) is 6.20. The van der Waals surface area contributed by atoms with Crippen molar-refractivity contribution >= 4 is 0 Å². The highest BCUT2D eigenvalue weighted by molar-refractivity contribution is 5.45. The van der Waals surface area contributed by atoms with Gasteiger partial charge in [-0.1, -0.05) is 32.9 Å². The van der Waals surface area contributed by atoms with Crippen molar-refractivity contribution in [3.63, 3.8) is 0 Å². The summed E-state index contributed by atoms with van der Waals surface area (Å²) in [7, 11) is 0. The number of hydrogen-bond acceptors (Lipinski definition) is 2. The molecule has 0 aromatic heterocycles. The Morgan fingerprint density at radius 3 is 2.67 bits per heavy atom. The van der Waals surface area contributed by atoms with Crippen molar-refractivity contribution in [2.24, 2.45) is 0 Å². The maximum Gasteiger partial charge on any atom is 0.0730 e. The summed E-state index contributed by atoms with van der Waals surface area (Å²) in [5.74, 6) is 0. The smallest absolute Gasteiger partial charge is 0.0730 e. The lowest BCUT2D eigenvalue weighted by molar-refractivity contribution is 0.00743. The lowest BCUT2D eigenvalue weighted by Gasteiger charge is -2.32. The van der Waals surface area contributed by atoms with E-state index in [-0.39, 0.29) is 11.0 Å². The fourth-order valence-electron chi connectivity index (χ4n) is 3.87. The molecular weight excluding hydrogens is 258 g/mol. The molecule has 4 rings (SSSR count). The second kappa shape index (κ2) is 4.57. The number of fused-ring (bicyclic) bond motifs is 1. The Hall–Kier alpha value is -0.860. The molecule has 2 heterocycles. The first-order chi connectivity index (χ1) is 9.97. The Labute approximate surface area is 128 Å². The Morgan fingerprint density at radius 2 is 2.05 bits per heavy atom. The van der Waals surface area contributed by atoms with Gasteiger partial charge >= 0.3 is 0 Å². The van der Waals surface area contributed by atoms with E-state index in [9.17, 15) is 0 Å². The first-order valence-electron chi connectivity index (χ1n) is 8.50.